The van der Waals surface area contributed by atoms with E-state index in [0.717, 1.165) is 44.6 Å². The van der Waals surface area contributed by atoms with Crippen LogP contribution in [0.2, 0.25) is 0 Å². The molecule has 1 heterocycles. The Morgan fingerprint density at radius 2 is 2.20 bits per heavy atom. The van der Waals surface area contributed by atoms with Gasteiger partial charge in [-0.05, 0) is 43.5 Å². The molecule has 0 radical (unpaired) electrons. The van der Waals surface area contributed by atoms with Crippen molar-refractivity contribution in [1.29, 1.82) is 0 Å². The van der Waals surface area contributed by atoms with Crippen LogP contribution < -0.4 is 10.1 Å². The molecule has 1 saturated heterocycles. The maximum absolute atomic E-state index is 12.0. The van der Waals surface area contributed by atoms with Gasteiger partial charge in [0.2, 0.25) is 0 Å². The van der Waals surface area contributed by atoms with Crippen molar-refractivity contribution in [3.8, 4) is 5.75 Å². The molecule has 1 aromatic rings. The summed E-state index contributed by atoms with van der Waals surface area (Å²) in [7, 11) is 0. The monoisotopic (exact) mass is 277 g/mol. The Morgan fingerprint density at radius 1 is 1.40 bits per heavy atom. The van der Waals surface area contributed by atoms with E-state index in [-0.39, 0.29) is 12.0 Å². The zero-order chi connectivity index (χ0) is 14.2. The van der Waals surface area contributed by atoms with Crippen molar-refractivity contribution in [2.45, 2.75) is 38.7 Å². The summed E-state index contributed by atoms with van der Waals surface area (Å²) in [4.78, 5) is 12.0. The topological polar surface area (TPSA) is 47.6 Å². The minimum absolute atomic E-state index is 0.0550. The largest absolute Gasteiger partial charge is 0.494 e. The first kappa shape index (κ1) is 14.9. The summed E-state index contributed by atoms with van der Waals surface area (Å²) in [6.07, 6.45) is 4.46. The van der Waals surface area contributed by atoms with Gasteiger partial charge < -0.3 is 14.8 Å². The second-order valence-corrected chi connectivity index (χ2v) is 5.07. The van der Waals surface area contributed by atoms with E-state index < -0.39 is 0 Å². The molecule has 1 aromatic carbocycles. The zero-order valence-corrected chi connectivity index (χ0v) is 12.1. The van der Waals surface area contributed by atoms with Crippen molar-refractivity contribution in [2.75, 3.05) is 19.8 Å². The fourth-order valence-electron chi connectivity index (χ4n) is 2.15. The fourth-order valence-corrected chi connectivity index (χ4v) is 2.15. The van der Waals surface area contributed by atoms with E-state index in [0.29, 0.717) is 12.1 Å². The van der Waals surface area contributed by atoms with E-state index in [1.54, 1.807) is 12.1 Å². The number of unbranched alkanes of at least 4 members (excludes halogenated alkanes) is 1. The molecule has 2 rings (SSSR count). The molecule has 1 aliphatic rings. The maximum Gasteiger partial charge on any atom is 0.251 e. The number of rotatable bonds is 7. The lowest BCUT2D eigenvalue weighted by molar-refractivity contribution is 0.0857. The van der Waals surface area contributed by atoms with E-state index >= 15 is 0 Å². The van der Waals surface area contributed by atoms with Gasteiger partial charge in [-0.15, -0.1) is 0 Å². The molecule has 1 amide bonds. The summed E-state index contributed by atoms with van der Waals surface area (Å²) >= 11 is 0. The van der Waals surface area contributed by atoms with Crippen molar-refractivity contribution in [1.82, 2.24) is 5.32 Å². The summed E-state index contributed by atoms with van der Waals surface area (Å²) in [5, 5.41) is 2.91. The maximum atomic E-state index is 12.0. The van der Waals surface area contributed by atoms with Crippen LogP contribution in [0.15, 0.2) is 24.3 Å². The molecule has 1 N–H and O–H groups in total. The zero-order valence-electron chi connectivity index (χ0n) is 12.1. The van der Waals surface area contributed by atoms with Crippen LogP contribution in [0, 0.1) is 0 Å². The van der Waals surface area contributed by atoms with E-state index in [9.17, 15) is 4.79 Å². The van der Waals surface area contributed by atoms with Gasteiger partial charge in [-0.1, -0.05) is 13.3 Å². The van der Waals surface area contributed by atoms with E-state index in [2.05, 4.69) is 12.2 Å². The smallest absolute Gasteiger partial charge is 0.251 e. The van der Waals surface area contributed by atoms with Crippen molar-refractivity contribution in [3.05, 3.63) is 29.8 Å². The number of hydrogen-bond donors (Lipinski definition) is 1. The van der Waals surface area contributed by atoms with Crippen LogP contribution in [0.1, 0.15) is 43.0 Å². The molecule has 1 aliphatic heterocycles. The molecule has 4 nitrogen and oxygen atoms in total. The number of carbonyl (C=O) groups is 1. The van der Waals surface area contributed by atoms with Crippen molar-refractivity contribution in [2.24, 2.45) is 0 Å². The van der Waals surface area contributed by atoms with E-state index in [1.807, 2.05) is 12.1 Å². The van der Waals surface area contributed by atoms with Gasteiger partial charge in [-0.2, -0.15) is 0 Å². The normalized spacial score (nSPS) is 17.9. The molecule has 4 heteroatoms. The van der Waals surface area contributed by atoms with Gasteiger partial charge in [0.15, 0.2) is 0 Å². The van der Waals surface area contributed by atoms with Crippen LogP contribution in [0.4, 0.5) is 0 Å². The van der Waals surface area contributed by atoms with Crippen molar-refractivity contribution < 1.29 is 14.3 Å². The molecule has 0 aromatic heterocycles. The van der Waals surface area contributed by atoms with Crippen molar-refractivity contribution in [3.63, 3.8) is 0 Å². The van der Waals surface area contributed by atoms with E-state index in [4.69, 9.17) is 9.47 Å². The van der Waals surface area contributed by atoms with Gasteiger partial charge in [0.1, 0.15) is 5.75 Å². The van der Waals surface area contributed by atoms with Crippen LogP contribution in [-0.2, 0) is 4.74 Å². The molecular formula is C16H23NO3. The molecule has 1 fully saturated rings. The number of benzene rings is 1. The lowest BCUT2D eigenvalue weighted by Gasteiger charge is -2.11. The van der Waals surface area contributed by atoms with Crippen LogP contribution in [0.3, 0.4) is 0 Å². The standard InChI is InChI=1S/C16H23NO3/c1-2-3-10-19-14-8-6-13(7-9-14)16(18)17-12-15-5-4-11-20-15/h6-9,15H,2-5,10-12H2,1H3,(H,17,18)/t15-/m1/s1. The molecule has 20 heavy (non-hydrogen) atoms. The predicted octanol–water partition coefficient (Wildman–Crippen LogP) is 2.77. The summed E-state index contributed by atoms with van der Waals surface area (Å²) in [6, 6.07) is 7.28. The Bertz CT molecular complexity index is 410. The molecule has 0 spiro atoms. The Kier molecular flexibility index (Phi) is 5.87. The third-order valence-electron chi connectivity index (χ3n) is 3.40. The fraction of sp³-hybridized carbons (Fsp3) is 0.562. The first-order valence-electron chi connectivity index (χ1n) is 7.42. The minimum Gasteiger partial charge on any atom is -0.494 e. The number of ether oxygens (including phenoxy) is 2. The highest BCUT2D eigenvalue weighted by Gasteiger charge is 2.16. The number of carbonyl (C=O) groups excluding carboxylic acids is 1. The Labute approximate surface area is 120 Å². The number of hydrogen-bond acceptors (Lipinski definition) is 3. The molecular weight excluding hydrogens is 254 g/mol. The van der Waals surface area contributed by atoms with Crippen molar-refractivity contribution >= 4 is 5.91 Å². The second-order valence-electron chi connectivity index (χ2n) is 5.07. The van der Waals surface area contributed by atoms with Crippen LogP contribution >= 0.6 is 0 Å². The SMILES string of the molecule is CCCCOc1ccc(C(=O)NC[C@H]2CCCO2)cc1. The molecule has 110 valence electrons. The number of nitrogens with one attached hydrogen (secondary N) is 1. The summed E-state index contributed by atoms with van der Waals surface area (Å²) in [5.41, 5.74) is 0.658. The van der Waals surface area contributed by atoms with Gasteiger partial charge in [0, 0.05) is 18.7 Å². The number of amides is 1. The average Bonchev–Trinajstić information content (AvgIpc) is 2.99. The van der Waals surface area contributed by atoms with Crippen LogP contribution in [0.5, 0.6) is 5.75 Å². The summed E-state index contributed by atoms with van der Waals surface area (Å²) in [6.45, 7) is 4.25. The molecule has 0 bridgehead atoms. The third kappa shape index (κ3) is 4.53. The Balaban J connectivity index is 1.77. The third-order valence-corrected chi connectivity index (χ3v) is 3.40. The first-order chi connectivity index (χ1) is 9.79. The van der Waals surface area contributed by atoms with Gasteiger partial charge in [-0.25, -0.2) is 0 Å². The molecule has 0 unspecified atom stereocenters. The predicted molar refractivity (Wildman–Crippen MR) is 78.2 cm³/mol. The van der Waals surface area contributed by atoms with Gasteiger partial charge in [0.05, 0.1) is 12.7 Å². The van der Waals surface area contributed by atoms with Gasteiger partial charge in [-0.3, -0.25) is 4.79 Å². The highest BCUT2D eigenvalue weighted by molar-refractivity contribution is 5.94. The molecule has 0 aliphatic carbocycles. The highest BCUT2D eigenvalue weighted by Crippen LogP contribution is 2.14. The van der Waals surface area contributed by atoms with Gasteiger partial charge in [0.25, 0.3) is 5.91 Å². The Hall–Kier alpha value is -1.55. The summed E-state index contributed by atoms with van der Waals surface area (Å²) in [5.74, 6) is 0.759. The molecule has 1 atom stereocenters. The van der Waals surface area contributed by atoms with Crippen LogP contribution in [0.25, 0.3) is 0 Å². The lowest BCUT2D eigenvalue weighted by atomic mass is 10.2. The highest BCUT2D eigenvalue weighted by atomic mass is 16.5. The van der Waals surface area contributed by atoms with Gasteiger partial charge >= 0.3 is 0 Å². The minimum atomic E-state index is -0.0550. The average molecular weight is 277 g/mol. The lowest BCUT2D eigenvalue weighted by Crippen LogP contribution is -2.31. The Morgan fingerprint density at radius 3 is 2.85 bits per heavy atom. The van der Waals surface area contributed by atoms with Crippen LogP contribution in [-0.4, -0.2) is 31.8 Å². The summed E-state index contributed by atoms with van der Waals surface area (Å²) < 4.78 is 11.0. The second kappa shape index (κ2) is 7.90. The quantitative estimate of drug-likeness (QED) is 0.780. The van der Waals surface area contributed by atoms with E-state index in [1.165, 1.54) is 0 Å². The first-order valence-corrected chi connectivity index (χ1v) is 7.42. The molecule has 0 saturated carbocycles.